The maximum absolute atomic E-state index is 9.26. The SMILES string of the molecule is CC(O)c1nc(-c2ncc(Br)cc2Br)no1. The summed E-state index contributed by atoms with van der Waals surface area (Å²) in [6.45, 7) is 1.56. The third-order valence-electron chi connectivity index (χ3n) is 1.82. The van der Waals surface area contributed by atoms with E-state index < -0.39 is 6.10 Å². The minimum absolute atomic E-state index is 0.173. The van der Waals surface area contributed by atoms with Crippen molar-refractivity contribution < 1.29 is 9.63 Å². The molecule has 2 heterocycles. The Hall–Kier alpha value is -0.790. The van der Waals surface area contributed by atoms with Gasteiger partial charge in [-0.1, -0.05) is 5.16 Å². The van der Waals surface area contributed by atoms with Crippen LogP contribution in [0.3, 0.4) is 0 Å². The maximum atomic E-state index is 9.26. The molecule has 0 aliphatic carbocycles. The quantitative estimate of drug-likeness (QED) is 0.903. The average molecular weight is 349 g/mol. The van der Waals surface area contributed by atoms with Crippen LogP contribution in [-0.4, -0.2) is 20.2 Å². The monoisotopic (exact) mass is 347 g/mol. The van der Waals surface area contributed by atoms with Crippen LogP contribution in [0.5, 0.6) is 0 Å². The second kappa shape index (κ2) is 4.60. The number of rotatable bonds is 2. The first kappa shape index (κ1) is 11.7. The van der Waals surface area contributed by atoms with Crippen molar-refractivity contribution in [2.75, 3.05) is 0 Å². The van der Waals surface area contributed by atoms with Crippen LogP contribution in [0.15, 0.2) is 25.7 Å². The molecule has 84 valence electrons. The lowest BCUT2D eigenvalue weighted by atomic mass is 10.3. The van der Waals surface area contributed by atoms with Crippen molar-refractivity contribution in [3.8, 4) is 11.5 Å². The Morgan fingerprint density at radius 2 is 2.19 bits per heavy atom. The van der Waals surface area contributed by atoms with Gasteiger partial charge in [0.2, 0.25) is 5.82 Å². The fraction of sp³-hybridized carbons (Fsp3) is 0.222. The summed E-state index contributed by atoms with van der Waals surface area (Å²) in [5, 5.41) is 13.0. The molecule has 0 amide bonds. The van der Waals surface area contributed by atoms with Gasteiger partial charge in [0.15, 0.2) is 0 Å². The predicted octanol–water partition coefficient (Wildman–Crippen LogP) is 2.71. The summed E-state index contributed by atoms with van der Waals surface area (Å²) < 4.78 is 6.48. The zero-order valence-electron chi connectivity index (χ0n) is 8.19. The first-order valence-corrected chi connectivity index (χ1v) is 5.99. The summed E-state index contributed by atoms with van der Waals surface area (Å²) in [7, 11) is 0. The number of nitrogens with zero attached hydrogens (tertiary/aromatic N) is 3. The summed E-state index contributed by atoms with van der Waals surface area (Å²) in [4.78, 5) is 8.20. The highest BCUT2D eigenvalue weighted by atomic mass is 79.9. The van der Waals surface area contributed by atoms with Gasteiger partial charge >= 0.3 is 0 Å². The number of aliphatic hydroxyl groups excluding tert-OH is 1. The number of hydrogen-bond acceptors (Lipinski definition) is 5. The van der Waals surface area contributed by atoms with Gasteiger partial charge in [-0.3, -0.25) is 4.98 Å². The lowest BCUT2D eigenvalue weighted by Crippen LogP contribution is -1.91. The number of hydrogen-bond donors (Lipinski definition) is 1. The van der Waals surface area contributed by atoms with E-state index in [0.29, 0.717) is 11.5 Å². The minimum Gasteiger partial charge on any atom is -0.384 e. The smallest absolute Gasteiger partial charge is 0.255 e. The van der Waals surface area contributed by atoms with Crippen molar-refractivity contribution >= 4 is 31.9 Å². The third-order valence-corrected chi connectivity index (χ3v) is 2.86. The van der Waals surface area contributed by atoms with Gasteiger partial charge in [-0.2, -0.15) is 4.98 Å². The zero-order chi connectivity index (χ0) is 11.7. The van der Waals surface area contributed by atoms with Crippen molar-refractivity contribution in [3.05, 3.63) is 27.1 Å². The molecule has 0 aliphatic heterocycles. The summed E-state index contributed by atoms with van der Waals surface area (Å²) >= 11 is 6.65. The molecular weight excluding hydrogens is 342 g/mol. The van der Waals surface area contributed by atoms with Crippen LogP contribution in [0, 0.1) is 0 Å². The van der Waals surface area contributed by atoms with Crippen LogP contribution >= 0.6 is 31.9 Å². The molecule has 1 unspecified atom stereocenters. The fourth-order valence-electron chi connectivity index (χ4n) is 1.08. The van der Waals surface area contributed by atoms with Crippen LogP contribution < -0.4 is 0 Å². The Labute approximate surface area is 108 Å². The molecule has 2 rings (SSSR count). The van der Waals surface area contributed by atoms with Crippen LogP contribution in [-0.2, 0) is 0 Å². The van der Waals surface area contributed by atoms with Crippen molar-refractivity contribution in [1.82, 2.24) is 15.1 Å². The Balaban J connectivity index is 2.42. The molecule has 7 heteroatoms. The van der Waals surface area contributed by atoms with Crippen LogP contribution in [0.4, 0.5) is 0 Å². The predicted molar refractivity (Wildman–Crippen MR) is 63.6 cm³/mol. The van der Waals surface area contributed by atoms with Crippen LogP contribution in [0.25, 0.3) is 11.5 Å². The lowest BCUT2D eigenvalue weighted by Gasteiger charge is -1.98. The van der Waals surface area contributed by atoms with E-state index in [1.54, 1.807) is 13.1 Å². The van der Waals surface area contributed by atoms with E-state index >= 15 is 0 Å². The highest BCUT2D eigenvalue weighted by Crippen LogP contribution is 2.27. The van der Waals surface area contributed by atoms with Gasteiger partial charge in [-0.15, -0.1) is 0 Å². The number of halogens is 2. The Morgan fingerprint density at radius 1 is 1.44 bits per heavy atom. The molecule has 0 spiro atoms. The standard InChI is InChI=1S/C9H7Br2N3O2/c1-4(15)9-13-8(14-16-9)7-6(11)2-5(10)3-12-7/h2-4,15H,1H3. The van der Waals surface area contributed by atoms with Gasteiger partial charge < -0.3 is 9.63 Å². The molecule has 2 aromatic rings. The molecule has 2 aromatic heterocycles. The number of aliphatic hydroxyl groups is 1. The zero-order valence-corrected chi connectivity index (χ0v) is 11.4. The molecule has 0 saturated carbocycles. The molecule has 1 atom stereocenters. The molecule has 0 aliphatic rings. The first-order valence-electron chi connectivity index (χ1n) is 4.41. The van der Waals surface area contributed by atoms with Crippen LogP contribution in [0.1, 0.15) is 18.9 Å². The lowest BCUT2D eigenvalue weighted by molar-refractivity contribution is 0.152. The molecule has 0 radical (unpaired) electrons. The second-order valence-corrected chi connectivity index (χ2v) is 4.89. The van der Waals surface area contributed by atoms with Crippen molar-refractivity contribution in [2.24, 2.45) is 0 Å². The van der Waals surface area contributed by atoms with Crippen LogP contribution in [0.2, 0.25) is 0 Å². The number of pyridine rings is 1. The second-order valence-electron chi connectivity index (χ2n) is 3.12. The fourth-order valence-corrected chi connectivity index (χ4v) is 2.24. The van der Waals surface area contributed by atoms with Gasteiger partial charge in [0.25, 0.3) is 5.89 Å². The Bertz CT molecular complexity index is 513. The topological polar surface area (TPSA) is 72.0 Å². The molecule has 0 fully saturated rings. The largest absolute Gasteiger partial charge is 0.384 e. The molecule has 0 aromatic carbocycles. The van der Waals surface area contributed by atoms with Crippen molar-refractivity contribution in [1.29, 1.82) is 0 Å². The van der Waals surface area contributed by atoms with Crippen molar-refractivity contribution in [3.63, 3.8) is 0 Å². The molecule has 5 nitrogen and oxygen atoms in total. The van der Waals surface area contributed by atoms with E-state index in [4.69, 9.17) is 4.52 Å². The number of aromatic nitrogens is 3. The van der Waals surface area contributed by atoms with E-state index in [1.165, 1.54) is 0 Å². The van der Waals surface area contributed by atoms with E-state index in [9.17, 15) is 5.11 Å². The summed E-state index contributed by atoms with van der Waals surface area (Å²) in [5.41, 5.74) is 0.568. The highest BCUT2D eigenvalue weighted by Gasteiger charge is 2.15. The van der Waals surface area contributed by atoms with E-state index in [-0.39, 0.29) is 5.89 Å². The van der Waals surface area contributed by atoms with Gasteiger partial charge in [0.1, 0.15) is 11.8 Å². The first-order chi connectivity index (χ1) is 7.58. The summed E-state index contributed by atoms with van der Waals surface area (Å²) in [6.07, 6.45) is 0.855. The molecule has 1 N–H and O–H groups in total. The van der Waals surface area contributed by atoms with Gasteiger partial charge in [0, 0.05) is 15.1 Å². The molecule has 16 heavy (non-hydrogen) atoms. The van der Waals surface area contributed by atoms with Gasteiger partial charge in [0.05, 0.1) is 0 Å². The molecular formula is C9H7Br2N3O2. The highest BCUT2D eigenvalue weighted by molar-refractivity contribution is 9.11. The molecule has 0 bridgehead atoms. The summed E-state index contributed by atoms with van der Waals surface area (Å²) in [6, 6.07) is 1.83. The normalized spacial score (nSPS) is 12.8. The van der Waals surface area contributed by atoms with E-state index in [0.717, 1.165) is 8.95 Å². The Kier molecular flexibility index (Phi) is 3.36. The maximum Gasteiger partial charge on any atom is 0.255 e. The minimum atomic E-state index is -0.782. The van der Waals surface area contributed by atoms with E-state index in [2.05, 4.69) is 47.0 Å². The Morgan fingerprint density at radius 3 is 2.75 bits per heavy atom. The average Bonchev–Trinajstić information content (AvgIpc) is 2.66. The summed E-state index contributed by atoms with van der Waals surface area (Å²) in [5.74, 6) is 0.516. The van der Waals surface area contributed by atoms with E-state index in [1.807, 2.05) is 6.07 Å². The van der Waals surface area contributed by atoms with Crippen molar-refractivity contribution in [2.45, 2.75) is 13.0 Å². The molecule has 0 saturated heterocycles. The third kappa shape index (κ3) is 2.31. The van der Waals surface area contributed by atoms with Gasteiger partial charge in [-0.05, 0) is 44.8 Å². The van der Waals surface area contributed by atoms with Gasteiger partial charge in [-0.25, -0.2) is 0 Å².